The largest absolute Gasteiger partial charge is 4.00 e. The molecule has 0 heterocycles. The Morgan fingerprint density at radius 3 is 0.440 bits per heavy atom. The van der Waals surface area contributed by atoms with Crippen molar-refractivity contribution in [2.45, 2.75) is 0 Å². The van der Waals surface area contributed by atoms with Crippen LogP contribution >= 0.6 is 12.2 Å². The summed E-state index contributed by atoms with van der Waals surface area (Å²) in [6, 6.07) is 0. The van der Waals surface area contributed by atoms with E-state index in [4.69, 9.17) is 0 Å². The number of nitrogens with two attached hydrogens (primary N) is 2. The Morgan fingerprint density at radius 1 is 0.440 bits per heavy atom. The summed E-state index contributed by atoms with van der Waals surface area (Å²) in [5, 5.41) is 0.000000000000000222. The molecule has 0 aromatic heterocycles. The molecular weight excluding hydrogens is 538 g/mol. The summed E-state index contributed by atoms with van der Waals surface area (Å²) in [5.41, 5.74) is 9.24. The molecule has 0 aromatic carbocycles. The summed E-state index contributed by atoms with van der Waals surface area (Å²) < 4.78 is 156. The molecule has 152 valence electrons. The maximum absolute atomic E-state index is 9.75. The second kappa shape index (κ2) is 17.1. The fourth-order valence-corrected chi connectivity index (χ4v) is 0. The van der Waals surface area contributed by atoms with Crippen molar-refractivity contribution >= 4 is 70.3 Å². The SMILES string of the molecule is F[B-](F)(F)F.F[B-](F)(F)F.F[B-](F)(F)F.F[B-](F)(F)F.NC(N)=S.[Sn+4]. The summed E-state index contributed by atoms with van der Waals surface area (Å²) in [4.78, 5) is 0. The van der Waals surface area contributed by atoms with Gasteiger partial charge in [0, 0.05) is 0 Å². The van der Waals surface area contributed by atoms with E-state index in [2.05, 4.69) is 23.7 Å². The zero-order valence-electron chi connectivity index (χ0n) is 10.9. The van der Waals surface area contributed by atoms with Crippen LogP contribution in [0.25, 0.3) is 0 Å². The molecule has 0 aromatic rings. The Bertz CT molecular complexity index is 218. The van der Waals surface area contributed by atoms with E-state index in [0.29, 0.717) is 0 Å². The third kappa shape index (κ3) is 80100. The van der Waals surface area contributed by atoms with Crippen LogP contribution in [0.2, 0.25) is 0 Å². The fraction of sp³-hybridized carbons (Fsp3) is 0. The molecule has 2 nitrogen and oxygen atoms in total. The smallest absolute Gasteiger partial charge is 0.418 e. The van der Waals surface area contributed by atoms with Crippen LogP contribution in [0, 0.1) is 0 Å². The molecule has 0 aliphatic rings. The van der Waals surface area contributed by atoms with Crippen molar-refractivity contribution in [3.8, 4) is 0 Å². The van der Waals surface area contributed by atoms with E-state index in [1.165, 1.54) is 0 Å². The van der Waals surface area contributed by atoms with Gasteiger partial charge in [0.25, 0.3) is 0 Å². The monoisotopic (exact) mass is 544 g/mol. The van der Waals surface area contributed by atoms with Gasteiger partial charge in [0.15, 0.2) is 5.11 Å². The van der Waals surface area contributed by atoms with Crippen molar-refractivity contribution in [1.29, 1.82) is 0 Å². The van der Waals surface area contributed by atoms with Crippen molar-refractivity contribution in [2.24, 2.45) is 11.5 Å². The first-order valence-corrected chi connectivity index (χ1v) is 4.68. The maximum atomic E-state index is 9.75. The Labute approximate surface area is 151 Å². The summed E-state index contributed by atoms with van der Waals surface area (Å²) >= 11 is 4.09. The van der Waals surface area contributed by atoms with Gasteiger partial charge in [-0.25, -0.2) is 0 Å². The van der Waals surface area contributed by atoms with E-state index in [1.807, 2.05) is 0 Å². The molecular formula is CH4B4F16N2SSn. The molecule has 0 bridgehead atoms. The summed E-state index contributed by atoms with van der Waals surface area (Å²) in [6.45, 7) is 0. The molecule has 0 radical (unpaired) electrons. The minimum absolute atomic E-state index is 0. The van der Waals surface area contributed by atoms with Gasteiger partial charge in [0.1, 0.15) is 0 Å². The minimum atomic E-state index is -6.00. The maximum Gasteiger partial charge on any atom is 4.00 e. The molecule has 25 heavy (non-hydrogen) atoms. The van der Waals surface area contributed by atoms with Gasteiger partial charge >= 0.3 is 52.9 Å². The van der Waals surface area contributed by atoms with Gasteiger partial charge in [-0.05, 0) is 12.2 Å². The summed E-state index contributed by atoms with van der Waals surface area (Å²) in [7, 11) is -24.0. The normalized spacial score (nSPS) is 10.6. The summed E-state index contributed by atoms with van der Waals surface area (Å²) in [6.07, 6.45) is 0. The molecule has 0 aliphatic heterocycles. The average Bonchev–Trinajstić information content (AvgIpc) is 1.82. The number of hydrogen-bond acceptors (Lipinski definition) is 1. The molecule has 0 fully saturated rings. The average molecular weight is 542 g/mol. The van der Waals surface area contributed by atoms with E-state index in [1.54, 1.807) is 0 Å². The second-order valence-electron chi connectivity index (χ2n) is 2.38. The standard InChI is InChI=1S/CH4N2S.4BF4.Sn/c2-1(3)4;4*2-1(3,4)5;/h(H4,2,3,4);;;;;/q;4*-1;+4. The Hall–Kier alpha value is -0.372. The molecule has 0 saturated heterocycles. The molecule has 0 rings (SSSR count). The topological polar surface area (TPSA) is 52.0 Å². The van der Waals surface area contributed by atoms with Crippen LogP contribution in [0.15, 0.2) is 0 Å². The first-order chi connectivity index (χ1) is 9.73. The zero-order chi connectivity index (χ0) is 21.6. The third-order valence-electron chi connectivity index (χ3n) is 0. The van der Waals surface area contributed by atoms with Gasteiger partial charge in [-0.15, -0.1) is 0 Å². The van der Waals surface area contributed by atoms with E-state index in [0.717, 1.165) is 0 Å². The van der Waals surface area contributed by atoms with E-state index >= 15 is 0 Å². The van der Waals surface area contributed by atoms with Crippen LogP contribution in [0.5, 0.6) is 0 Å². The number of thiocarbonyl (C=S) groups is 1. The number of hydrogen-bond donors (Lipinski definition) is 2. The molecule has 0 atom stereocenters. The minimum Gasteiger partial charge on any atom is -0.418 e. The van der Waals surface area contributed by atoms with Gasteiger partial charge in [0.2, 0.25) is 0 Å². The Kier molecular flexibility index (Phi) is 27.0. The van der Waals surface area contributed by atoms with Crippen LogP contribution in [-0.2, 0) is 0 Å². The van der Waals surface area contributed by atoms with Crippen molar-refractivity contribution in [3.63, 3.8) is 0 Å². The van der Waals surface area contributed by atoms with Crippen LogP contribution in [0.3, 0.4) is 0 Å². The first kappa shape index (κ1) is 39.6. The molecule has 4 N–H and O–H groups in total. The quantitative estimate of drug-likeness (QED) is 0.277. The predicted octanol–water partition coefficient (Wildman–Crippen LogP) is 4.01. The molecule has 24 heteroatoms. The van der Waals surface area contributed by atoms with Crippen molar-refractivity contribution in [3.05, 3.63) is 0 Å². The molecule has 0 spiro atoms. The first-order valence-electron chi connectivity index (χ1n) is 4.27. The number of rotatable bonds is 0. The van der Waals surface area contributed by atoms with Gasteiger partial charge in [-0.3, -0.25) is 0 Å². The predicted molar refractivity (Wildman–Crippen MR) is 67.5 cm³/mol. The molecule has 0 aliphatic carbocycles. The van der Waals surface area contributed by atoms with Crippen LogP contribution in [-0.4, -0.2) is 58.0 Å². The fourth-order valence-electron chi connectivity index (χ4n) is 0. The zero-order valence-corrected chi connectivity index (χ0v) is 14.6. The third-order valence-corrected chi connectivity index (χ3v) is 0. The van der Waals surface area contributed by atoms with Gasteiger partial charge < -0.3 is 80.5 Å². The Balaban J connectivity index is -0.0000000448. The van der Waals surface area contributed by atoms with Crippen molar-refractivity contribution < 1.29 is 69.1 Å². The second-order valence-corrected chi connectivity index (χ2v) is 2.85. The Morgan fingerprint density at radius 2 is 0.440 bits per heavy atom. The molecule has 0 unspecified atom stereocenters. The van der Waals surface area contributed by atoms with E-state index in [9.17, 15) is 69.1 Å². The molecule has 0 saturated carbocycles. The molecule has 0 amide bonds. The van der Waals surface area contributed by atoms with E-state index in [-0.39, 0.29) is 29.0 Å². The van der Waals surface area contributed by atoms with E-state index < -0.39 is 29.0 Å². The number of halogens is 16. The van der Waals surface area contributed by atoms with Gasteiger partial charge in [0.05, 0.1) is 0 Å². The van der Waals surface area contributed by atoms with Crippen LogP contribution in [0.1, 0.15) is 0 Å². The van der Waals surface area contributed by atoms with Gasteiger partial charge in [-0.2, -0.15) is 0 Å². The van der Waals surface area contributed by atoms with Crippen LogP contribution in [0.4, 0.5) is 69.1 Å². The van der Waals surface area contributed by atoms with Crippen molar-refractivity contribution in [1.82, 2.24) is 0 Å². The van der Waals surface area contributed by atoms with Crippen LogP contribution < -0.4 is 11.5 Å². The van der Waals surface area contributed by atoms with Crippen molar-refractivity contribution in [2.75, 3.05) is 0 Å². The van der Waals surface area contributed by atoms with Gasteiger partial charge in [-0.1, -0.05) is 0 Å². The summed E-state index contributed by atoms with van der Waals surface area (Å²) in [5.74, 6) is 0.